The number of carbonyl (C=O) groups excluding carboxylic acids is 2. The molecule has 0 heterocycles. The predicted molar refractivity (Wildman–Crippen MR) is 143 cm³/mol. The highest BCUT2D eigenvalue weighted by Crippen LogP contribution is 2.23. The number of sulfonamides is 1. The molecule has 0 aliphatic carbocycles. The Balaban J connectivity index is 1.86. The van der Waals surface area contributed by atoms with Crippen LogP contribution in [0.2, 0.25) is 5.02 Å². The van der Waals surface area contributed by atoms with Crippen LogP contribution in [0.15, 0.2) is 71.6 Å². The molecule has 0 fully saturated rings. The molecule has 0 unspecified atom stereocenters. The van der Waals surface area contributed by atoms with Crippen LogP contribution in [-0.4, -0.2) is 55.1 Å². The molecule has 0 aliphatic rings. The molecule has 2 amide bonds. The second kappa shape index (κ2) is 11.9. The number of hydrogen-bond donors (Lipinski definition) is 1. The Bertz CT molecular complexity index is 1350. The Labute approximate surface area is 218 Å². The maximum absolute atomic E-state index is 13.5. The number of benzene rings is 3. The number of carbonyl (C=O) groups is 2. The van der Waals surface area contributed by atoms with Crippen LogP contribution in [0.3, 0.4) is 0 Å². The minimum absolute atomic E-state index is 0.0619. The summed E-state index contributed by atoms with van der Waals surface area (Å²) in [5, 5.41) is 5.06. The van der Waals surface area contributed by atoms with Crippen LogP contribution in [0.4, 0.5) is 0 Å². The first kappa shape index (κ1) is 27.6. The predicted octanol–water partition coefficient (Wildman–Crippen LogP) is 4.45. The van der Waals surface area contributed by atoms with E-state index < -0.39 is 28.5 Å². The van der Waals surface area contributed by atoms with E-state index in [1.54, 1.807) is 43.3 Å². The molecule has 7 nitrogen and oxygen atoms in total. The zero-order chi connectivity index (χ0) is 26.5. The van der Waals surface area contributed by atoms with Gasteiger partial charge in [-0.15, -0.1) is 0 Å². The second-order valence-electron chi connectivity index (χ2n) is 8.88. The van der Waals surface area contributed by atoms with Crippen LogP contribution in [0.1, 0.15) is 32.8 Å². The van der Waals surface area contributed by atoms with Gasteiger partial charge in [-0.05, 0) is 54.8 Å². The maximum Gasteiger partial charge on any atom is 0.243 e. The second-order valence-corrected chi connectivity index (χ2v) is 11.3. The molecule has 0 spiro atoms. The van der Waals surface area contributed by atoms with Crippen molar-refractivity contribution < 1.29 is 18.0 Å². The molecule has 3 rings (SSSR count). The van der Waals surface area contributed by atoms with Crippen molar-refractivity contribution in [3.63, 3.8) is 0 Å². The van der Waals surface area contributed by atoms with Crippen molar-refractivity contribution in [2.24, 2.45) is 0 Å². The third-order valence-electron chi connectivity index (χ3n) is 6.25. The zero-order valence-electron chi connectivity index (χ0n) is 20.9. The summed E-state index contributed by atoms with van der Waals surface area (Å²) in [6, 6.07) is 18.5. The van der Waals surface area contributed by atoms with Gasteiger partial charge in [-0.25, -0.2) is 8.42 Å². The Morgan fingerprint density at radius 3 is 2.28 bits per heavy atom. The fourth-order valence-electron chi connectivity index (χ4n) is 3.73. The molecular weight excluding hydrogens is 498 g/mol. The number of nitrogens with one attached hydrogen (secondary N) is 1. The van der Waals surface area contributed by atoms with Gasteiger partial charge in [0.15, 0.2) is 0 Å². The first-order chi connectivity index (χ1) is 17.0. The maximum atomic E-state index is 13.5. The van der Waals surface area contributed by atoms with Crippen molar-refractivity contribution in [1.29, 1.82) is 0 Å². The van der Waals surface area contributed by atoms with Gasteiger partial charge in [-0.1, -0.05) is 67.1 Å². The van der Waals surface area contributed by atoms with Gasteiger partial charge in [0.05, 0.1) is 11.4 Å². The summed E-state index contributed by atoms with van der Waals surface area (Å²) < 4.78 is 27.6. The van der Waals surface area contributed by atoms with E-state index in [1.165, 1.54) is 18.0 Å². The smallest absolute Gasteiger partial charge is 0.243 e. The largest absolute Gasteiger partial charge is 0.352 e. The third-order valence-corrected chi connectivity index (χ3v) is 8.42. The molecule has 9 heteroatoms. The van der Waals surface area contributed by atoms with Gasteiger partial charge in [0.2, 0.25) is 21.8 Å². The number of fused-ring (bicyclic) bond motifs is 1. The SMILES string of the molecule is CC[C@H](C)NC(=O)[C@@H](C)N(Cc1ccccc1Cl)C(=O)CN(C)S(=O)(=O)c1ccc2ccccc2c1. The molecule has 0 bridgehead atoms. The summed E-state index contributed by atoms with van der Waals surface area (Å²) in [6.45, 7) is 5.10. The van der Waals surface area contributed by atoms with Gasteiger partial charge in [0, 0.05) is 24.7 Å². The van der Waals surface area contributed by atoms with Crippen molar-refractivity contribution in [2.75, 3.05) is 13.6 Å². The molecule has 36 heavy (non-hydrogen) atoms. The van der Waals surface area contributed by atoms with E-state index in [0.29, 0.717) is 10.6 Å². The van der Waals surface area contributed by atoms with Gasteiger partial charge < -0.3 is 10.2 Å². The lowest BCUT2D eigenvalue weighted by molar-refractivity contribution is -0.140. The van der Waals surface area contributed by atoms with E-state index in [4.69, 9.17) is 11.6 Å². The van der Waals surface area contributed by atoms with Crippen LogP contribution in [0.5, 0.6) is 0 Å². The Kier molecular flexibility index (Phi) is 9.11. The molecule has 2 atom stereocenters. The lowest BCUT2D eigenvalue weighted by atomic mass is 10.1. The molecule has 3 aromatic carbocycles. The van der Waals surface area contributed by atoms with Gasteiger partial charge >= 0.3 is 0 Å². The highest BCUT2D eigenvalue weighted by molar-refractivity contribution is 7.89. The van der Waals surface area contributed by atoms with Crippen molar-refractivity contribution in [3.05, 3.63) is 77.3 Å². The summed E-state index contributed by atoms with van der Waals surface area (Å²) in [7, 11) is -2.59. The Morgan fingerprint density at radius 2 is 1.61 bits per heavy atom. The molecule has 0 saturated heterocycles. The standard InChI is InChI=1S/C27H32ClN3O4S/c1-5-19(2)29-27(33)20(3)31(17-23-12-8-9-13-25(23)28)26(32)18-30(4)36(34,35)24-15-14-21-10-6-7-11-22(21)16-24/h6-16,19-20H,5,17-18H2,1-4H3,(H,29,33)/t19-,20+/m0/s1. The summed E-state index contributed by atoms with van der Waals surface area (Å²) in [5.74, 6) is -0.821. The normalized spacial score (nSPS) is 13.4. The van der Waals surface area contributed by atoms with Crippen LogP contribution in [-0.2, 0) is 26.2 Å². The number of rotatable bonds is 10. The average molecular weight is 530 g/mol. The molecule has 0 aliphatic heterocycles. The van der Waals surface area contributed by atoms with Crippen molar-refractivity contribution in [2.45, 2.75) is 50.7 Å². The number of hydrogen-bond acceptors (Lipinski definition) is 4. The fourth-order valence-corrected chi connectivity index (χ4v) is 5.08. The first-order valence-electron chi connectivity index (χ1n) is 11.8. The van der Waals surface area contributed by atoms with E-state index in [1.807, 2.05) is 38.1 Å². The van der Waals surface area contributed by atoms with Gasteiger partial charge in [-0.3, -0.25) is 9.59 Å². The minimum atomic E-state index is -3.95. The fraction of sp³-hybridized carbons (Fsp3) is 0.333. The molecule has 192 valence electrons. The highest BCUT2D eigenvalue weighted by atomic mass is 35.5. The number of likely N-dealkylation sites (N-methyl/N-ethyl adjacent to an activating group) is 1. The van der Waals surface area contributed by atoms with E-state index in [0.717, 1.165) is 21.5 Å². The van der Waals surface area contributed by atoms with Crippen LogP contribution >= 0.6 is 11.6 Å². The van der Waals surface area contributed by atoms with E-state index in [-0.39, 0.29) is 23.4 Å². The van der Waals surface area contributed by atoms with E-state index >= 15 is 0 Å². The average Bonchev–Trinajstić information content (AvgIpc) is 2.87. The summed E-state index contributed by atoms with van der Waals surface area (Å²) in [6.07, 6.45) is 0.740. The molecular formula is C27H32ClN3O4S. The Morgan fingerprint density at radius 1 is 0.972 bits per heavy atom. The minimum Gasteiger partial charge on any atom is -0.352 e. The number of halogens is 1. The molecule has 0 saturated carbocycles. The quantitative estimate of drug-likeness (QED) is 0.420. The molecule has 0 radical (unpaired) electrons. The molecule has 3 aromatic rings. The summed E-state index contributed by atoms with van der Waals surface area (Å²) >= 11 is 6.33. The molecule has 0 aromatic heterocycles. The van der Waals surface area contributed by atoms with E-state index in [2.05, 4.69) is 5.32 Å². The highest BCUT2D eigenvalue weighted by Gasteiger charge is 2.31. The summed E-state index contributed by atoms with van der Waals surface area (Å²) in [5.41, 5.74) is 0.663. The van der Waals surface area contributed by atoms with Gasteiger partial charge in [-0.2, -0.15) is 4.31 Å². The Hall–Kier alpha value is -2.94. The summed E-state index contributed by atoms with van der Waals surface area (Å²) in [4.78, 5) is 27.8. The van der Waals surface area contributed by atoms with Crippen molar-refractivity contribution in [3.8, 4) is 0 Å². The number of amides is 2. The first-order valence-corrected chi connectivity index (χ1v) is 13.6. The molecule has 1 N–H and O–H groups in total. The van der Waals surface area contributed by atoms with Crippen molar-refractivity contribution >= 4 is 44.2 Å². The number of nitrogens with zero attached hydrogens (tertiary/aromatic N) is 2. The lowest BCUT2D eigenvalue weighted by Crippen LogP contribution is -2.51. The zero-order valence-corrected chi connectivity index (χ0v) is 22.5. The lowest BCUT2D eigenvalue weighted by Gasteiger charge is -2.31. The van der Waals surface area contributed by atoms with Gasteiger partial charge in [0.1, 0.15) is 6.04 Å². The van der Waals surface area contributed by atoms with Crippen LogP contribution < -0.4 is 5.32 Å². The van der Waals surface area contributed by atoms with Crippen LogP contribution in [0.25, 0.3) is 10.8 Å². The third kappa shape index (κ3) is 6.43. The monoisotopic (exact) mass is 529 g/mol. The van der Waals surface area contributed by atoms with Crippen molar-refractivity contribution in [1.82, 2.24) is 14.5 Å². The van der Waals surface area contributed by atoms with Crippen LogP contribution in [0, 0.1) is 0 Å². The van der Waals surface area contributed by atoms with E-state index in [9.17, 15) is 18.0 Å². The topological polar surface area (TPSA) is 86.8 Å². The van der Waals surface area contributed by atoms with Gasteiger partial charge in [0.25, 0.3) is 0 Å².